The summed E-state index contributed by atoms with van der Waals surface area (Å²) >= 11 is 0. The zero-order chi connectivity index (χ0) is 22.9. The molecule has 5 N–H and O–H groups in total. The summed E-state index contributed by atoms with van der Waals surface area (Å²) in [6.07, 6.45) is -4.68. The molecule has 0 aliphatic carbocycles. The largest absolute Gasteiger partial charge is 0.488 e. The minimum absolute atomic E-state index is 0.0825. The Morgan fingerprint density at radius 2 is 1.81 bits per heavy atom. The van der Waals surface area contributed by atoms with Gasteiger partial charge in [0.25, 0.3) is 0 Å². The van der Waals surface area contributed by atoms with Gasteiger partial charge in [0.15, 0.2) is 0 Å². The van der Waals surface area contributed by atoms with E-state index in [0.29, 0.717) is 13.0 Å². The first-order chi connectivity index (χ1) is 15.3. The Morgan fingerprint density at radius 1 is 1.06 bits per heavy atom. The van der Waals surface area contributed by atoms with Gasteiger partial charge >= 0.3 is 0 Å². The van der Waals surface area contributed by atoms with Crippen molar-refractivity contribution in [2.45, 2.75) is 56.1 Å². The normalized spacial score (nSPS) is 32.8. The molecule has 4 rings (SSSR count). The molecule has 2 aromatic rings. The SMILES string of the molecule is Cc1ccc([C@@]2(O)O[C@H](CO)[C@@H](O)[C@H](O)[C@H]2O)cc1Cc1ccc(O[C@H]2CCOC2)cc1. The lowest BCUT2D eigenvalue weighted by Gasteiger charge is -2.45. The standard InChI is InChI=1S/C24H30O8/c1-14-2-5-17(24(29)23(28)22(27)21(26)20(12-25)32-24)11-16(14)10-15-3-6-18(7-4-15)31-19-8-9-30-13-19/h2-7,11,19-23,25-29H,8-10,12-13H2,1H3/t19-,20+,21+,22-,23+,24+/m0/s1. The maximum Gasteiger partial charge on any atom is 0.222 e. The molecule has 2 aliphatic rings. The van der Waals surface area contributed by atoms with Crippen LogP contribution in [-0.2, 0) is 21.7 Å². The highest BCUT2D eigenvalue weighted by Gasteiger charge is 2.53. The number of hydrogen-bond donors (Lipinski definition) is 5. The zero-order valence-corrected chi connectivity index (χ0v) is 17.9. The fourth-order valence-electron chi connectivity index (χ4n) is 4.18. The first kappa shape index (κ1) is 23.1. The van der Waals surface area contributed by atoms with E-state index < -0.39 is 36.8 Å². The van der Waals surface area contributed by atoms with E-state index in [1.54, 1.807) is 18.2 Å². The molecule has 0 saturated carbocycles. The zero-order valence-electron chi connectivity index (χ0n) is 17.9. The number of aliphatic hydroxyl groups is 5. The summed E-state index contributed by atoms with van der Waals surface area (Å²) in [6.45, 7) is 2.65. The molecule has 8 heteroatoms. The van der Waals surface area contributed by atoms with Crippen LogP contribution in [0.3, 0.4) is 0 Å². The van der Waals surface area contributed by atoms with E-state index in [1.807, 2.05) is 31.2 Å². The van der Waals surface area contributed by atoms with E-state index in [1.165, 1.54) is 0 Å². The van der Waals surface area contributed by atoms with Crippen LogP contribution in [0.25, 0.3) is 0 Å². The maximum atomic E-state index is 11.1. The van der Waals surface area contributed by atoms with Crippen LogP contribution in [0.5, 0.6) is 5.75 Å². The summed E-state index contributed by atoms with van der Waals surface area (Å²) in [4.78, 5) is 0. The quantitative estimate of drug-likeness (QED) is 0.431. The Bertz CT molecular complexity index is 909. The van der Waals surface area contributed by atoms with Gasteiger partial charge in [0, 0.05) is 12.0 Å². The Balaban J connectivity index is 1.53. The second-order valence-corrected chi connectivity index (χ2v) is 8.53. The predicted octanol–water partition coefficient (Wildman–Crippen LogP) is 0.372. The molecule has 0 aromatic heterocycles. The van der Waals surface area contributed by atoms with Crippen molar-refractivity contribution in [3.63, 3.8) is 0 Å². The summed E-state index contributed by atoms with van der Waals surface area (Å²) in [6, 6.07) is 12.9. The predicted molar refractivity (Wildman–Crippen MR) is 114 cm³/mol. The Morgan fingerprint density at radius 3 is 2.47 bits per heavy atom. The first-order valence-corrected chi connectivity index (χ1v) is 10.8. The number of aryl methyl sites for hydroxylation is 1. The fraction of sp³-hybridized carbons (Fsp3) is 0.500. The van der Waals surface area contributed by atoms with Crippen molar-refractivity contribution in [1.29, 1.82) is 0 Å². The highest BCUT2D eigenvalue weighted by atomic mass is 16.7. The van der Waals surface area contributed by atoms with Crippen molar-refractivity contribution >= 4 is 0 Å². The third kappa shape index (κ3) is 4.53. The van der Waals surface area contributed by atoms with Crippen LogP contribution in [0.15, 0.2) is 42.5 Å². The molecule has 0 amide bonds. The molecule has 2 aromatic carbocycles. The summed E-state index contributed by atoms with van der Waals surface area (Å²) < 4.78 is 16.7. The van der Waals surface area contributed by atoms with E-state index in [4.69, 9.17) is 14.2 Å². The summed E-state index contributed by atoms with van der Waals surface area (Å²) in [7, 11) is 0. The highest BCUT2D eigenvalue weighted by Crippen LogP contribution is 2.37. The molecule has 2 fully saturated rings. The molecule has 174 valence electrons. The van der Waals surface area contributed by atoms with E-state index >= 15 is 0 Å². The van der Waals surface area contributed by atoms with Crippen LogP contribution in [0.1, 0.15) is 28.7 Å². The Hall–Kier alpha value is -2.04. The van der Waals surface area contributed by atoms with E-state index in [2.05, 4.69) is 0 Å². The number of benzene rings is 2. The average molecular weight is 446 g/mol. The van der Waals surface area contributed by atoms with Crippen LogP contribution in [0, 0.1) is 6.92 Å². The smallest absolute Gasteiger partial charge is 0.222 e. The number of ether oxygens (including phenoxy) is 3. The lowest BCUT2D eigenvalue weighted by atomic mass is 9.86. The second kappa shape index (κ2) is 9.44. The van der Waals surface area contributed by atoms with E-state index in [9.17, 15) is 25.5 Å². The van der Waals surface area contributed by atoms with Gasteiger partial charge in [-0.2, -0.15) is 0 Å². The Labute approximate surface area is 186 Å². The van der Waals surface area contributed by atoms with Crippen molar-refractivity contribution < 1.29 is 39.7 Å². The van der Waals surface area contributed by atoms with Gasteiger partial charge in [0.2, 0.25) is 5.79 Å². The van der Waals surface area contributed by atoms with Crippen LogP contribution in [-0.4, -0.2) is 75.9 Å². The third-order valence-electron chi connectivity index (χ3n) is 6.24. The molecular weight excluding hydrogens is 416 g/mol. The van der Waals surface area contributed by atoms with Crippen molar-refractivity contribution in [1.82, 2.24) is 0 Å². The molecule has 0 unspecified atom stereocenters. The molecule has 32 heavy (non-hydrogen) atoms. The molecule has 6 atom stereocenters. The number of rotatable bonds is 6. The summed E-state index contributed by atoms with van der Waals surface area (Å²) in [5, 5.41) is 51.1. The van der Waals surface area contributed by atoms with Gasteiger partial charge < -0.3 is 39.7 Å². The fourth-order valence-corrected chi connectivity index (χ4v) is 4.18. The second-order valence-electron chi connectivity index (χ2n) is 8.53. The molecule has 0 radical (unpaired) electrons. The summed E-state index contributed by atoms with van der Waals surface area (Å²) in [5.41, 5.74) is 3.13. The first-order valence-electron chi connectivity index (χ1n) is 10.8. The van der Waals surface area contributed by atoms with E-state index in [-0.39, 0.29) is 11.7 Å². The molecular formula is C24H30O8. The average Bonchev–Trinajstić information content (AvgIpc) is 3.30. The van der Waals surface area contributed by atoms with Crippen molar-refractivity contribution in [2.24, 2.45) is 0 Å². The van der Waals surface area contributed by atoms with Gasteiger partial charge in [-0.25, -0.2) is 0 Å². The van der Waals surface area contributed by atoms with Crippen LogP contribution in [0.2, 0.25) is 0 Å². The van der Waals surface area contributed by atoms with Gasteiger partial charge in [0.05, 0.1) is 19.8 Å². The van der Waals surface area contributed by atoms with E-state index in [0.717, 1.165) is 35.5 Å². The minimum Gasteiger partial charge on any atom is -0.488 e. The topological polar surface area (TPSA) is 129 Å². The van der Waals surface area contributed by atoms with Crippen molar-refractivity contribution in [3.8, 4) is 5.75 Å². The van der Waals surface area contributed by atoms with Gasteiger partial charge in [-0.1, -0.05) is 24.3 Å². The third-order valence-corrected chi connectivity index (χ3v) is 6.24. The minimum atomic E-state index is -2.27. The van der Waals surface area contributed by atoms with Crippen LogP contribution < -0.4 is 4.74 Å². The lowest BCUT2D eigenvalue weighted by molar-refractivity contribution is -0.357. The van der Waals surface area contributed by atoms with Gasteiger partial charge in [-0.15, -0.1) is 0 Å². The van der Waals surface area contributed by atoms with Gasteiger partial charge in [0.1, 0.15) is 36.3 Å². The van der Waals surface area contributed by atoms with Crippen LogP contribution >= 0.6 is 0 Å². The van der Waals surface area contributed by atoms with Gasteiger partial charge in [-0.05, 0) is 48.2 Å². The highest BCUT2D eigenvalue weighted by molar-refractivity contribution is 5.39. The number of hydrogen-bond acceptors (Lipinski definition) is 8. The molecule has 2 heterocycles. The lowest BCUT2D eigenvalue weighted by Crippen LogP contribution is -2.63. The molecule has 8 nitrogen and oxygen atoms in total. The molecule has 0 spiro atoms. The monoisotopic (exact) mass is 446 g/mol. The molecule has 0 bridgehead atoms. The number of aliphatic hydroxyl groups excluding tert-OH is 4. The summed E-state index contributed by atoms with van der Waals surface area (Å²) in [5.74, 6) is -1.49. The molecule has 2 saturated heterocycles. The Kier molecular flexibility index (Phi) is 6.83. The maximum absolute atomic E-state index is 11.1. The van der Waals surface area contributed by atoms with Crippen LogP contribution in [0.4, 0.5) is 0 Å². The van der Waals surface area contributed by atoms with Gasteiger partial charge in [-0.3, -0.25) is 0 Å². The van der Waals surface area contributed by atoms with Crippen molar-refractivity contribution in [3.05, 3.63) is 64.7 Å². The molecule has 2 aliphatic heterocycles. The van der Waals surface area contributed by atoms with Crippen molar-refractivity contribution in [2.75, 3.05) is 19.8 Å².